The maximum atomic E-state index is 14.0. The SMILES string of the molecule is CCNC(=NCc1c(F)cccc1OC(F)F)NCC(C)(O)c1ccco1. The second-order valence-corrected chi connectivity index (χ2v) is 5.89. The van der Waals surface area contributed by atoms with E-state index in [9.17, 15) is 18.3 Å². The van der Waals surface area contributed by atoms with Gasteiger partial charge in [0.1, 0.15) is 22.9 Å². The van der Waals surface area contributed by atoms with Crippen molar-refractivity contribution in [3.63, 3.8) is 0 Å². The zero-order valence-electron chi connectivity index (χ0n) is 15.0. The number of ether oxygens (including phenoxy) is 1. The number of aliphatic hydroxyl groups is 1. The molecule has 1 unspecified atom stereocenters. The summed E-state index contributed by atoms with van der Waals surface area (Å²) >= 11 is 0. The van der Waals surface area contributed by atoms with Crippen LogP contribution in [0.2, 0.25) is 0 Å². The van der Waals surface area contributed by atoms with Crippen LogP contribution in [-0.2, 0) is 12.1 Å². The molecule has 0 fully saturated rings. The maximum absolute atomic E-state index is 14.0. The Balaban J connectivity index is 2.12. The zero-order valence-corrected chi connectivity index (χ0v) is 15.0. The topological polar surface area (TPSA) is 79.0 Å². The normalized spacial score (nSPS) is 14.1. The van der Waals surface area contributed by atoms with Crippen LogP contribution in [0.4, 0.5) is 13.2 Å². The Morgan fingerprint density at radius 3 is 2.70 bits per heavy atom. The summed E-state index contributed by atoms with van der Waals surface area (Å²) in [6.07, 6.45) is 1.45. The molecule has 0 bridgehead atoms. The molecule has 0 aliphatic heterocycles. The molecule has 27 heavy (non-hydrogen) atoms. The van der Waals surface area contributed by atoms with Gasteiger partial charge < -0.3 is 24.9 Å². The molecule has 0 aliphatic rings. The molecular formula is C18H22F3N3O3. The fourth-order valence-electron chi connectivity index (χ4n) is 2.33. The first-order valence-corrected chi connectivity index (χ1v) is 8.34. The molecule has 1 aromatic carbocycles. The largest absolute Gasteiger partial charge is 0.466 e. The lowest BCUT2D eigenvalue weighted by atomic mass is 10.0. The van der Waals surface area contributed by atoms with Gasteiger partial charge in [0.2, 0.25) is 0 Å². The average molecular weight is 385 g/mol. The monoisotopic (exact) mass is 385 g/mol. The van der Waals surface area contributed by atoms with E-state index in [1.807, 2.05) is 6.92 Å². The summed E-state index contributed by atoms with van der Waals surface area (Å²) in [5.74, 6) is -0.328. The molecule has 2 rings (SSSR count). The van der Waals surface area contributed by atoms with E-state index >= 15 is 0 Å². The summed E-state index contributed by atoms with van der Waals surface area (Å²) in [6, 6.07) is 6.97. The molecule has 2 aromatic rings. The Kier molecular flexibility index (Phi) is 7.12. The number of hydrogen-bond acceptors (Lipinski definition) is 4. The van der Waals surface area contributed by atoms with Crippen LogP contribution in [0.5, 0.6) is 5.75 Å². The van der Waals surface area contributed by atoms with E-state index in [1.165, 1.54) is 18.4 Å². The third-order valence-electron chi connectivity index (χ3n) is 3.68. The minimum atomic E-state index is -3.07. The number of benzene rings is 1. The van der Waals surface area contributed by atoms with Gasteiger partial charge in [-0.05, 0) is 38.1 Å². The number of nitrogens with zero attached hydrogens (tertiary/aromatic N) is 1. The number of hydrogen-bond donors (Lipinski definition) is 3. The second-order valence-electron chi connectivity index (χ2n) is 5.89. The van der Waals surface area contributed by atoms with Crippen molar-refractivity contribution in [2.24, 2.45) is 4.99 Å². The average Bonchev–Trinajstić information content (AvgIpc) is 3.14. The summed E-state index contributed by atoms with van der Waals surface area (Å²) in [5, 5.41) is 16.3. The molecule has 0 aliphatic carbocycles. The summed E-state index contributed by atoms with van der Waals surface area (Å²) in [4.78, 5) is 4.18. The quantitative estimate of drug-likeness (QED) is 0.481. The van der Waals surface area contributed by atoms with Gasteiger partial charge in [0.15, 0.2) is 5.96 Å². The summed E-state index contributed by atoms with van der Waals surface area (Å²) in [7, 11) is 0. The van der Waals surface area contributed by atoms with Crippen LogP contribution >= 0.6 is 0 Å². The van der Waals surface area contributed by atoms with Crippen molar-refractivity contribution in [1.82, 2.24) is 10.6 Å². The van der Waals surface area contributed by atoms with Crippen LogP contribution < -0.4 is 15.4 Å². The van der Waals surface area contributed by atoms with Gasteiger partial charge in [-0.1, -0.05) is 6.07 Å². The fraction of sp³-hybridized carbons (Fsp3) is 0.389. The van der Waals surface area contributed by atoms with Gasteiger partial charge in [-0.3, -0.25) is 0 Å². The van der Waals surface area contributed by atoms with Crippen LogP contribution in [0.3, 0.4) is 0 Å². The molecule has 3 N–H and O–H groups in total. The van der Waals surface area contributed by atoms with Crippen molar-refractivity contribution in [2.45, 2.75) is 32.6 Å². The molecule has 1 heterocycles. The highest BCUT2D eigenvalue weighted by Crippen LogP contribution is 2.24. The van der Waals surface area contributed by atoms with Crippen LogP contribution in [0.25, 0.3) is 0 Å². The lowest BCUT2D eigenvalue weighted by molar-refractivity contribution is -0.0506. The molecule has 9 heteroatoms. The number of furan rings is 1. The fourth-order valence-corrected chi connectivity index (χ4v) is 2.33. The van der Waals surface area contributed by atoms with Crippen LogP contribution in [-0.4, -0.2) is 30.8 Å². The van der Waals surface area contributed by atoms with Gasteiger partial charge in [-0.25, -0.2) is 9.38 Å². The molecule has 6 nitrogen and oxygen atoms in total. The van der Waals surface area contributed by atoms with Crippen molar-refractivity contribution in [2.75, 3.05) is 13.1 Å². The Morgan fingerprint density at radius 1 is 1.30 bits per heavy atom. The van der Waals surface area contributed by atoms with Gasteiger partial charge in [-0.2, -0.15) is 8.78 Å². The first kappa shape index (κ1) is 20.6. The highest BCUT2D eigenvalue weighted by molar-refractivity contribution is 5.79. The number of guanidine groups is 1. The zero-order chi connectivity index (χ0) is 19.9. The lowest BCUT2D eigenvalue weighted by Crippen LogP contribution is -2.44. The standard InChI is InChI=1S/C18H22F3N3O3/c1-3-22-17(24-11-18(2,25)15-8-5-9-26-15)23-10-12-13(19)6-4-7-14(12)27-16(20)21/h4-9,16,25H,3,10-11H2,1-2H3,(H2,22,23,24). The summed E-state index contributed by atoms with van der Waals surface area (Å²) < 4.78 is 48.5. The molecular weight excluding hydrogens is 363 g/mol. The number of aliphatic imine (C=N–C) groups is 1. The van der Waals surface area contributed by atoms with Gasteiger partial charge in [0.25, 0.3) is 0 Å². The van der Waals surface area contributed by atoms with E-state index in [0.717, 1.165) is 6.07 Å². The highest BCUT2D eigenvalue weighted by Gasteiger charge is 2.26. The van der Waals surface area contributed by atoms with E-state index in [2.05, 4.69) is 20.4 Å². The number of alkyl halides is 2. The third-order valence-corrected chi connectivity index (χ3v) is 3.68. The maximum Gasteiger partial charge on any atom is 0.387 e. The minimum Gasteiger partial charge on any atom is -0.466 e. The number of halogens is 3. The summed E-state index contributed by atoms with van der Waals surface area (Å²) in [6.45, 7) is 0.664. The Morgan fingerprint density at radius 2 is 2.07 bits per heavy atom. The molecule has 0 amide bonds. The Hall–Kier alpha value is -2.68. The van der Waals surface area contributed by atoms with Crippen molar-refractivity contribution in [1.29, 1.82) is 0 Å². The molecule has 0 saturated heterocycles. The predicted octanol–water partition coefficient (Wildman–Crippen LogP) is 2.98. The van der Waals surface area contributed by atoms with Crippen LogP contribution in [0.1, 0.15) is 25.2 Å². The predicted molar refractivity (Wildman–Crippen MR) is 94.1 cm³/mol. The van der Waals surface area contributed by atoms with Crippen LogP contribution in [0, 0.1) is 5.82 Å². The molecule has 1 aromatic heterocycles. The third kappa shape index (κ3) is 5.92. The van der Waals surface area contributed by atoms with Gasteiger partial charge >= 0.3 is 6.61 Å². The first-order valence-electron chi connectivity index (χ1n) is 8.34. The lowest BCUT2D eigenvalue weighted by Gasteiger charge is -2.22. The van der Waals surface area contributed by atoms with Gasteiger partial charge in [0.05, 0.1) is 24.9 Å². The van der Waals surface area contributed by atoms with Crippen molar-refractivity contribution in [3.8, 4) is 5.75 Å². The van der Waals surface area contributed by atoms with Crippen molar-refractivity contribution >= 4 is 5.96 Å². The first-order chi connectivity index (χ1) is 12.8. The van der Waals surface area contributed by atoms with E-state index < -0.39 is 18.0 Å². The van der Waals surface area contributed by atoms with E-state index in [0.29, 0.717) is 12.3 Å². The minimum absolute atomic E-state index is 0.0595. The summed E-state index contributed by atoms with van der Waals surface area (Å²) in [5.41, 5.74) is -1.39. The second kappa shape index (κ2) is 9.31. The van der Waals surface area contributed by atoms with Gasteiger partial charge in [-0.15, -0.1) is 0 Å². The molecule has 148 valence electrons. The Labute approximate surface area is 155 Å². The molecule has 1 atom stereocenters. The highest BCUT2D eigenvalue weighted by atomic mass is 19.3. The molecule has 0 saturated carbocycles. The van der Waals surface area contributed by atoms with E-state index in [-0.39, 0.29) is 30.4 Å². The van der Waals surface area contributed by atoms with Crippen LogP contribution in [0.15, 0.2) is 46.0 Å². The van der Waals surface area contributed by atoms with Gasteiger partial charge in [0, 0.05) is 6.54 Å². The van der Waals surface area contributed by atoms with E-state index in [4.69, 9.17) is 4.42 Å². The number of rotatable bonds is 8. The smallest absolute Gasteiger partial charge is 0.387 e. The molecule has 0 spiro atoms. The molecule has 0 radical (unpaired) electrons. The van der Waals surface area contributed by atoms with Crippen molar-refractivity contribution in [3.05, 3.63) is 53.7 Å². The Bertz CT molecular complexity index is 750. The number of nitrogens with one attached hydrogen (secondary N) is 2. The van der Waals surface area contributed by atoms with E-state index in [1.54, 1.807) is 19.1 Å². The van der Waals surface area contributed by atoms with Crippen molar-refractivity contribution < 1.29 is 27.4 Å².